The molecule has 1 aromatic carbocycles. The van der Waals surface area contributed by atoms with Gasteiger partial charge in [-0.25, -0.2) is 8.42 Å². The Bertz CT molecular complexity index is 950. The van der Waals surface area contributed by atoms with Gasteiger partial charge >= 0.3 is 0 Å². The minimum atomic E-state index is -3.02. The highest BCUT2D eigenvalue weighted by atomic mass is 32.2. The lowest BCUT2D eigenvalue weighted by atomic mass is 10.1. The summed E-state index contributed by atoms with van der Waals surface area (Å²) in [4.78, 5) is 15.8. The van der Waals surface area contributed by atoms with Gasteiger partial charge in [-0.2, -0.15) is 0 Å². The van der Waals surface area contributed by atoms with E-state index in [9.17, 15) is 13.2 Å². The number of thiophene rings is 1. The van der Waals surface area contributed by atoms with Crippen LogP contribution in [0, 0.1) is 0 Å². The second-order valence-corrected chi connectivity index (χ2v) is 9.81. The predicted octanol–water partition coefficient (Wildman–Crippen LogP) is 2.45. The number of fused-ring (bicyclic) bond motifs is 1. The van der Waals surface area contributed by atoms with Crippen molar-refractivity contribution in [2.45, 2.75) is 12.5 Å². The van der Waals surface area contributed by atoms with Gasteiger partial charge in [0.2, 0.25) is 0 Å². The molecule has 2 aromatic rings. The van der Waals surface area contributed by atoms with Crippen LogP contribution in [0.1, 0.15) is 16.1 Å². The molecular weight excluding hydrogens is 374 g/mol. The number of nitrogens with zero attached hydrogens (tertiary/aromatic N) is 1. The van der Waals surface area contributed by atoms with Gasteiger partial charge in [0.15, 0.2) is 21.3 Å². The third-order valence-electron chi connectivity index (χ3n) is 4.72. The van der Waals surface area contributed by atoms with E-state index in [1.54, 1.807) is 18.0 Å². The van der Waals surface area contributed by atoms with E-state index < -0.39 is 9.84 Å². The van der Waals surface area contributed by atoms with Gasteiger partial charge in [0.05, 0.1) is 16.4 Å². The van der Waals surface area contributed by atoms with Gasteiger partial charge in [-0.15, -0.1) is 11.3 Å². The fraction of sp³-hybridized carbons (Fsp3) is 0.389. The summed E-state index contributed by atoms with van der Waals surface area (Å²) in [5, 5.41) is 0. The summed E-state index contributed by atoms with van der Waals surface area (Å²) in [6, 6.07) is 9.19. The lowest BCUT2D eigenvalue weighted by molar-refractivity contribution is 0.0752. The Balaban J connectivity index is 1.53. The molecule has 2 aliphatic heterocycles. The van der Waals surface area contributed by atoms with Crippen molar-refractivity contribution in [3.63, 3.8) is 0 Å². The van der Waals surface area contributed by atoms with Crippen LogP contribution < -0.4 is 9.47 Å². The molecule has 0 unspecified atom stereocenters. The highest BCUT2D eigenvalue weighted by Crippen LogP contribution is 2.37. The van der Waals surface area contributed by atoms with E-state index >= 15 is 0 Å². The van der Waals surface area contributed by atoms with Crippen molar-refractivity contribution in [3.05, 3.63) is 35.2 Å². The van der Waals surface area contributed by atoms with Gasteiger partial charge in [0.25, 0.3) is 5.91 Å². The zero-order chi connectivity index (χ0) is 18.3. The summed E-state index contributed by atoms with van der Waals surface area (Å²) < 4.78 is 34.5. The van der Waals surface area contributed by atoms with Crippen molar-refractivity contribution < 1.29 is 22.7 Å². The number of benzene rings is 1. The van der Waals surface area contributed by atoms with Gasteiger partial charge in [0.1, 0.15) is 13.2 Å². The summed E-state index contributed by atoms with van der Waals surface area (Å²) >= 11 is 1.39. The standard InChI is InChI=1S/C18H19NO5S2/c1-19(13-6-9-26(21,22)11-13)18(20)17-5-4-16(25-17)12-2-3-14-15(10-12)24-8-7-23-14/h2-5,10,13H,6-9,11H2,1H3/t13-/m0/s1. The Hall–Kier alpha value is -2.06. The number of carbonyl (C=O) groups excluding carboxylic acids is 1. The number of hydrogen-bond acceptors (Lipinski definition) is 6. The van der Waals surface area contributed by atoms with Crippen LogP contribution in [-0.2, 0) is 9.84 Å². The van der Waals surface area contributed by atoms with E-state index in [2.05, 4.69) is 0 Å². The lowest BCUT2D eigenvalue weighted by Crippen LogP contribution is -2.37. The fourth-order valence-corrected chi connectivity index (χ4v) is 5.98. The van der Waals surface area contributed by atoms with Crippen LogP contribution in [0.4, 0.5) is 0 Å². The third-order valence-corrected chi connectivity index (χ3v) is 7.59. The molecular formula is C18H19NO5S2. The SMILES string of the molecule is CN(C(=O)c1ccc(-c2ccc3c(c2)OCCO3)s1)[C@H]1CCS(=O)(=O)C1. The van der Waals surface area contributed by atoms with E-state index in [4.69, 9.17) is 9.47 Å². The van der Waals surface area contributed by atoms with E-state index in [1.165, 1.54) is 11.3 Å². The number of sulfone groups is 1. The van der Waals surface area contributed by atoms with Crippen molar-refractivity contribution in [1.82, 2.24) is 4.90 Å². The number of carbonyl (C=O) groups is 1. The molecule has 1 saturated heterocycles. The maximum atomic E-state index is 12.7. The first-order chi connectivity index (χ1) is 12.4. The highest BCUT2D eigenvalue weighted by Gasteiger charge is 2.33. The normalized spacial score (nSPS) is 20.7. The van der Waals surface area contributed by atoms with Crippen molar-refractivity contribution in [2.24, 2.45) is 0 Å². The summed E-state index contributed by atoms with van der Waals surface area (Å²) in [6.45, 7) is 1.08. The van der Waals surface area contributed by atoms with E-state index in [0.717, 1.165) is 16.2 Å². The number of ether oxygens (including phenoxy) is 2. The minimum Gasteiger partial charge on any atom is -0.486 e. The first-order valence-electron chi connectivity index (χ1n) is 8.40. The van der Waals surface area contributed by atoms with Gasteiger partial charge in [-0.05, 0) is 42.3 Å². The van der Waals surface area contributed by atoms with E-state index in [1.807, 2.05) is 24.3 Å². The fourth-order valence-electron chi connectivity index (χ4n) is 3.23. The molecule has 8 heteroatoms. The summed E-state index contributed by atoms with van der Waals surface area (Å²) in [5.74, 6) is 1.51. The minimum absolute atomic E-state index is 0.0512. The molecule has 0 aliphatic carbocycles. The molecule has 26 heavy (non-hydrogen) atoms. The molecule has 0 saturated carbocycles. The largest absolute Gasteiger partial charge is 0.486 e. The Morgan fingerprint density at radius 3 is 2.65 bits per heavy atom. The smallest absolute Gasteiger partial charge is 0.263 e. The molecule has 1 aromatic heterocycles. The van der Waals surface area contributed by atoms with Crippen LogP contribution in [-0.4, -0.2) is 57.0 Å². The van der Waals surface area contributed by atoms with Gasteiger partial charge in [-0.1, -0.05) is 0 Å². The second kappa shape index (κ2) is 6.59. The van der Waals surface area contributed by atoms with E-state index in [0.29, 0.717) is 30.3 Å². The van der Waals surface area contributed by atoms with Crippen molar-refractivity contribution in [1.29, 1.82) is 0 Å². The summed E-state index contributed by atoms with van der Waals surface area (Å²) in [7, 11) is -1.34. The molecule has 6 nitrogen and oxygen atoms in total. The molecule has 0 bridgehead atoms. The maximum Gasteiger partial charge on any atom is 0.263 e. The quantitative estimate of drug-likeness (QED) is 0.801. The van der Waals surface area contributed by atoms with Crippen LogP contribution in [0.2, 0.25) is 0 Å². The van der Waals surface area contributed by atoms with Gasteiger partial charge < -0.3 is 14.4 Å². The molecule has 0 radical (unpaired) electrons. The molecule has 1 fully saturated rings. The van der Waals surface area contributed by atoms with Crippen molar-refractivity contribution in [2.75, 3.05) is 31.8 Å². The molecule has 2 aliphatic rings. The zero-order valence-corrected chi connectivity index (χ0v) is 15.9. The highest BCUT2D eigenvalue weighted by molar-refractivity contribution is 7.91. The van der Waals surface area contributed by atoms with Crippen LogP contribution >= 0.6 is 11.3 Å². The first kappa shape index (κ1) is 17.4. The average Bonchev–Trinajstić information content (AvgIpc) is 3.26. The summed E-state index contributed by atoms with van der Waals surface area (Å²) in [5.41, 5.74) is 0.962. The van der Waals surface area contributed by atoms with Crippen LogP contribution in [0.25, 0.3) is 10.4 Å². The zero-order valence-electron chi connectivity index (χ0n) is 14.3. The molecule has 3 heterocycles. The Morgan fingerprint density at radius 2 is 1.92 bits per heavy atom. The molecule has 4 rings (SSSR count). The van der Waals surface area contributed by atoms with Gasteiger partial charge in [0, 0.05) is 18.0 Å². The number of amides is 1. The third kappa shape index (κ3) is 3.31. The Labute approximate surface area is 156 Å². The number of hydrogen-bond donors (Lipinski definition) is 0. The van der Waals surface area contributed by atoms with E-state index in [-0.39, 0.29) is 23.5 Å². The second-order valence-electron chi connectivity index (χ2n) is 6.50. The average molecular weight is 393 g/mol. The first-order valence-corrected chi connectivity index (χ1v) is 11.0. The molecule has 0 N–H and O–H groups in total. The van der Waals surface area contributed by atoms with Crippen LogP contribution in [0.3, 0.4) is 0 Å². The monoisotopic (exact) mass is 393 g/mol. The Morgan fingerprint density at radius 1 is 1.15 bits per heavy atom. The van der Waals surface area contributed by atoms with Crippen molar-refractivity contribution >= 4 is 27.1 Å². The molecule has 1 atom stereocenters. The maximum absolute atomic E-state index is 12.7. The Kier molecular flexibility index (Phi) is 4.40. The van der Waals surface area contributed by atoms with Crippen LogP contribution in [0.5, 0.6) is 11.5 Å². The predicted molar refractivity (Wildman–Crippen MR) is 99.9 cm³/mol. The van der Waals surface area contributed by atoms with Crippen LogP contribution in [0.15, 0.2) is 30.3 Å². The topological polar surface area (TPSA) is 72.9 Å². The molecule has 1 amide bonds. The summed E-state index contributed by atoms with van der Waals surface area (Å²) in [6.07, 6.45) is 0.505. The molecule has 0 spiro atoms. The number of rotatable bonds is 3. The molecule has 138 valence electrons. The lowest BCUT2D eigenvalue weighted by Gasteiger charge is -2.22. The van der Waals surface area contributed by atoms with Crippen molar-refractivity contribution in [3.8, 4) is 21.9 Å². The van der Waals surface area contributed by atoms with Gasteiger partial charge in [-0.3, -0.25) is 4.79 Å².